The number of benzene rings is 1. The zero-order valence-electron chi connectivity index (χ0n) is 13.5. The molecule has 0 radical (unpaired) electrons. The Morgan fingerprint density at radius 1 is 1.12 bits per heavy atom. The van der Waals surface area contributed by atoms with Gasteiger partial charge in [-0.05, 0) is 61.4 Å². The van der Waals surface area contributed by atoms with Crippen molar-refractivity contribution in [2.75, 3.05) is 29.1 Å². The highest BCUT2D eigenvalue weighted by Crippen LogP contribution is 2.22. The fraction of sp³-hybridized carbons (Fsp3) is 0.333. The number of piperidine rings is 1. The number of anilines is 2. The number of nitrogens with zero attached hydrogens (tertiary/aromatic N) is 2. The topological polar surface area (TPSA) is 59.3 Å². The van der Waals surface area contributed by atoms with Gasteiger partial charge in [0.1, 0.15) is 0 Å². The van der Waals surface area contributed by atoms with Crippen LogP contribution in [0.15, 0.2) is 53.7 Å². The average molecular weight is 343 g/mol. The summed E-state index contributed by atoms with van der Waals surface area (Å²) < 4.78 is 0.769. The number of nitrogens with one attached hydrogen (secondary N) is 1. The van der Waals surface area contributed by atoms with Crippen LogP contribution in [0.3, 0.4) is 0 Å². The van der Waals surface area contributed by atoms with Gasteiger partial charge in [-0.3, -0.25) is 4.79 Å². The Morgan fingerprint density at radius 2 is 1.88 bits per heavy atom. The number of thioether (sulfide) groups is 1. The molecule has 0 spiro atoms. The third-order valence-corrected chi connectivity index (χ3v) is 5.03. The van der Waals surface area contributed by atoms with Crippen molar-refractivity contribution in [3.63, 3.8) is 0 Å². The van der Waals surface area contributed by atoms with Crippen molar-refractivity contribution >= 4 is 29.0 Å². The molecule has 5 nitrogen and oxygen atoms in total. The van der Waals surface area contributed by atoms with E-state index in [0.717, 1.165) is 23.5 Å². The summed E-state index contributed by atoms with van der Waals surface area (Å²) in [7, 11) is 0. The van der Waals surface area contributed by atoms with Gasteiger partial charge in [-0.15, -0.1) is 0 Å². The normalized spacial score (nSPS) is 14.4. The van der Waals surface area contributed by atoms with Crippen molar-refractivity contribution in [2.45, 2.75) is 24.3 Å². The van der Waals surface area contributed by atoms with Crippen LogP contribution in [-0.2, 0) is 4.79 Å². The van der Waals surface area contributed by atoms with Gasteiger partial charge in [-0.2, -0.15) is 4.73 Å². The Hall–Kier alpha value is -2.21. The van der Waals surface area contributed by atoms with Gasteiger partial charge in [-0.1, -0.05) is 0 Å². The second-order valence-electron chi connectivity index (χ2n) is 5.80. The molecular formula is C18H21N3O2S. The summed E-state index contributed by atoms with van der Waals surface area (Å²) in [6.45, 7) is 2.21. The van der Waals surface area contributed by atoms with Gasteiger partial charge in [0.15, 0.2) is 6.20 Å². The van der Waals surface area contributed by atoms with Crippen LogP contribution in [0.25, 0.3) is 0 Å². The van der Waals surface area contributed by atoms with E-state index in [1.54, 1.807) is 18.2 Å². The number of hydrogen-bond acceptors (Lipinski definition) is 4. The second-order valence-corrected chi connectivity index (χ2v) is 6.79. The lowest BCUT2D eigenvalue weighted by Crippen LogP contribution is -2.29. The molecule has 126 valence electrons. The Morgan fingerprint density at radius 3 is 2.58 bits per heavy atom. The third-order valence-electron chi connectivity index (χ3n) is 4.01. The summed E-state index contributed by atoms with van der Waals surface area (Å²) in [4.78, 5) is 14.4. The molecule has 1 aromatic carbocycles. The smallest absolute Gasteiger partial charge is 0.251 e. The minimum absolute atomic E-state index is 0.116. The first-order valence-corrected chi connectivity index (χ1v) is 9.17. The number of amides is 1. The first-order chi connectivity index (χ1) is 11.7. The van der Waals surface area contributed by atoms with E-state index in [0.29, 0.717) is 5.03 Å². The van der Waals surface area contributed by atoms with Crippen LogP contribution in [-0.4, -0.2) is 24.7 Å². The summed E-state index contributed by atoms with van der Waals surface area (Å²) in [6, 6.07) is 13.1. The van der Waals surface area contributed by atoms with Crippen molar-refractivity contribution in [1.82, 2.24) is 0 Å². The summed E-state index contributed by atoms with van der Waals surface area (Å²) in [6.07, 6.45) is 5.23. The predicted octanol–water partition coefficient (Wildman–Crippen LogP) is 3.04. The van der Waals surface area contributed by atoms with Gasteiger partial charge in [-0.25, -0.2) is 0 Å². The molecule has 0 aliphatic carbocycles. The summed E-state index contributed by atoms with van der Waals surface area (Å²) >= 11 is 1.23. The lowest BCUT2D eigenvalue weighted by Gasteiger charge is -2.28. The van der Waals surface area contributed by atoms with Crippen LogP contribution in [0.1, 0.15) is 19.3 Å². The van der Waals surface area contributed by atoms with E-state index in [9.17, 15) is 10.0 Å². The number of carbonyl (C=O) groups is 1. The number of hydrogen-bond donors (Lipinski definition) is 1. The molecule has 1 fully saturated rings. The van der Waals surface area contributed by atoms with E-state index in [2.05, 4.69) is 22.3 Å². The quantitative estimate of drug-likeness (QED) is 0.515. The number of pyridine rings is 1. The van der Waals surface area contributed by atoms with Crippen LogP contribution in [0, 0.1) is 5.21 Å². The molecule has 1 aromatic heterocycles. The van der Waals surface area contributed by atoms with Crippen molar-refractivity contribution < 1.29 is 9.52 Å². The predicted molar refractivity (Wildman–Crippen MR) is 97.3 cm³/mol. The maximum Gasteiger partial charge on any atom is 0.251 e. The van der Waals surface area contributed by atoms with E-state index < -0.39 is 0 Å². The minimum atomic E-state index is -0.116. The molecule has 0 unspecified atom stereocenters. The van der Waals surface area contributed by atoms with Gasteiger partial charge in [0, 0.05) is 36.6 Å². The summed E-state index contributed by atoms with van der Waals surface area (Å²) in [5, 5.41) is 14.9. The lowest BCUT2D eigenvalue weighted by molar-refractivity contribution is -0.645. The average Bonchev–Trinajstić information content (AvgIpc) is 2.62. The molecule has 0 saturated carbocycles. The van der Waals surface area contributed by atoms with Crippen molar-refractivity contribution in [1.29, 1.82) is 0 Å². The number of rotatable bonds is 5. The zero-order chi connectivity index (χ0) is 16.8. The molecule has 1 N–H and O–H groups in total. The first kappa shape index (κ1) is 16.6. The molecule has 3 rings (SSSR count). The van der Waals surface area contributed by atoms with E-state index in [-0.39, 0.29) is 11.7 Å². The van der Waals surface area contributed by atoms with Crippen LogP contribution < -0.4 is 14.9 Å². The molecule has 6 heteroatoms. The van der Waals surface area contributed by atoms with Crippen LogP contribution in [0.4, 0.5) is 11.4 Å². The molecule has 2 aromatic rings. The molecule has 1 amide bonds. The van der Waals surface area contributed by atoms with Crippen LogP contribution in [0.5, 0.6) is 0 Å². The molecule has 0 atom stereocenters. The maximum absolute atomic E-state index is 12.0. The van der Waals surface area contributed by atoms with E-state index in [4.69, 9.17) is 0 Å². The van der Waals surface area contributed by atoms with E-state index >= 15 is 0 Å². The van der Waals surface area contributed by atoms with Crippen molar-refractivity contribution in [3.05, 3.63) is 53.9 Å². The van der Waals surface area contributed by atoms with E-state index in [1.807, 2.05) is 12.1 Å². The van der Waals surface area contributed by atoms with Crippen molar-refractivity contribution in [2.24, 2.45) is 0 Å². The molecule has 0 bridgehead atoms. The zero-order valence-corrected chi connectivity index (χ0v) is 14.3. The Bertz CT molecular complexity index is 685. The SMILES string of the molecule is O=C(CSc1cccc[n+]1[O-])Nc1ccc(N2CCCCC2)cc1. The Kier molecular flexibility index (Phi) is 5.59. The summed E-state index contributed by atoms with van der Waals surface area (Å²) in [5.41, 5.74) is 1.99. The Labute approximate surface area is 146 Å². The summed E-state index contributed by atoms with van der Waals surface area (Å²) in [5.74, 6) is 0.0923. The van der Waals surface area contributed by atoms with Gasteiger partial charge in [0.2, 0.25) is 5.91 Å². The Balaban J connectivity index is 1.52. The largest absolute Gasteiger partial charge is 0.618 e. The van der Waals surface area contributed by atoms with E-state index in [1.165, 1.54) is 42.9 Å². The van der Waals surface area contributed by atoms with Crippen LogP contribution >= 0.6 is 11.8 Å². The highest BCUT2D eigenvalue weighted by Gasteiger charge is 2.12. The van der Waals surface area contributed by atoms with Crippen LogP contribution in [0.2, 0.25) is 0 Å². The minimum Gasteiger partial charge on any atom is -0.618 e. The molecule has 2 heterocycles. The van der Waals surface area contributed by atoms with Gasteiger partial charge in [0.25, 0.3) is 5.03 Å². The van der Waals surface area contributed by atoms with Crippen molar-refractivity contribution in [3.8, 4) is 0 Å². The standard InChI is InChI=1S/C18H21N3O2S/c22-17(14-24-18-6-2-5-13-21(18)23)19-15-7-9-16(10-8-15)20-11-3-1-4-12-20/h2,5-10,13H,1,3-4,11-12,14H2,(H,19,22). The van der Waals surface area contributed by atoms with Gasteiger partial charge in [0.05, 0.1) is 5.75 Å². The number of carbonyl (C=O) groups excluding carboxylic acids is 1. The fourth-order valence-corrected chi connectivity index (χ4v) is 3.48. The highest BCUT2D eigenvalue weighted by atomic mass is 32.2. The molecule has 1 saturated heterocycles. The molecule has 1 aliphatic heterocycles. The fourth-order valence-electron chi connectivity index (χ4n) is 2.77. The maximum atomic E-state index is 12.0. The molecule has 24 heavy (non-hydrogen) atoms. The lowest BCUT2D eigenvalue weighted by atomic mass is 10.1. The first-order valence-electron chi connectivity index (χ1n) is 8.18. The van der Waals surface area contributed by atoms with Gasteiger partial charge >= 0.3 is 0 Å². The molecule has 1 aliphatic rings. The third kappa shape index (κ3) is 4.41. The molecular weight excluding hydrogens is 322 g/mol. The number of aromatic nitrogens is 1. The highest BCUT2D eigenvalue weighted by molar-refractivity contribution is 7.99. The van der Waals surface area contributed by atoms with Gasteiger partial charge < -0.3 is 15.4 Å². The second kappa shape index (κ2) is 8.06. The monoisotopic (exact) mass is 343 g/mol.